The monoisotopic (exact) mass is 246 g/mol. The molecule has 16 heavy (non-hydrogen) atoms. The van der Waals surface area contributed by atoms with Crippen LogP contribution >= 0.6 is 11.3 Å². The molecule has 1 aromatic carbocycles. The van der Waals surface area contributed by atoms with Gasteiger partial charge in [0.25, 0.3) is 0 Å². The lowest BCUT2D eigenvalue weighted by atomic mass is 10.0. The van der Waals surface area contributed by atoms with Gasteiger partial charge in [-0.1, -0.05) is 25.2 Å². The van der Waals surface area contributed by atoms with E-state index >= 15 is 0 Å². The zero-order valence-electron chi connectivity index (χ0n) is 8.64. The first-order valence-corrected chi connectivity index (χ1v) is 5.47. The highest BCUT2D eigenvalue weighted by molar-refractivity contribution is 7.22. The number of nitrogens with two attached hydrogens (primary N) is 1. The summed E-state index contributed by atoms with van der Waals surface area (Å²) in [6.07, 6.45) is 0. The normalized spacial score (nSPS) is 11.6. The molecule has 0 fully saturated rings. The van der Waals surface area contributed by atoms with E-state index < -0.39 is 17.5 Å². The van der Waals surface area contributed by atoms with Crippen molar-refractivity contribution in [3.8, 4) is 0 Å². The van der Waals surface area contributed by atoms with Crippen molar-refractivity contribution in [2.45, 2.75) is 19.8 Å². The molecule has 0 aliphatic heterocycles. The molecular weight excluding hydrogens is 237 g/mol. The summed E-state index contributed by atoms with van der Waals surface area (Å²) < 4.78 is 40.2. The number of hydrogen-bond donors (Lipinski definition) is 1. The number of rotatable bonds is 1. The maximum Gasteiger partial charge on any atom is 0.196 e. The van der Waals surface area contributed by atoms with Gasteiger partial charge in [0.1, 0.15) is 0 Å². The van der Waals surface area contributed by atoms with Crippen LogP contribution in [-0.4, -0.2) is 4.98 Å². The van der Waals surface area contributed by atoms with Crippen molar-refractivity contribution in [2.24, 2.45) is 0 Å². The lowest BCUT2D eigenvalue weighted by molar-refractivity contribution is 0.445. The summed E-state index contributed by atoms with van der Waals surface area (Å²) in [6.45, 7) is 3.37. The fourth-order valence-corrected chi connectivity index (χ4v) is 2.39. The maximum absolute atomic E-state index is 13.6. The first-order chi connectivity index (χ1) is 7.43. The Morgan fingerprint density at radius 3 is 2.31 bits per heavy atom. The highest BCUT2D eigenvalue weighted by Gasteiger charge is 2.24. The van der Waals surface area contributed by atoms with Crippen molar-refractivity contribution in [2.75, 3.05) is 5.73 Å². The van der Waals surface area contributed by atoms with Gasteiger partial charge in [-0.3, -0.25) is 0 Å². The van der Waals surface area contributed by atoms with Crippen LogP contribution in [0.25, 0.3) is 10.2 Å². The van der Waals surface area contributed by atoms with E-state index in [1.165, 1.54) is 0 Å². The molecule has 1 aromatic heterocycles. The van der Waals surface area contributed by atoms with Crippen molar-refractivity contribution in [3.63, 3.8) is 0 Å². The Bertz CT molecular complexity index is 563. The number of halogens is 3. The van der Waals surface area contributed by atoms with Crippen LogP contribution in [0.3, 0.4) is 0 Å². The van der Waals surface area contributed by atoms with Gasteiger partial charge in [0.2, 0.25) is 0 Å². The fourth-order valence-electron chi connectivity index (χ4n) is 1.61. The van der Waals surface area contributed by atoms with E-state index in [2.05, 4.69) is 4.98 Å². The van der Waals surface area contributed by atoms with E-state index in [-0.39, 0.29) is 26.8 Å². The zero-order chi connectivity index (χ0) is 12.0. The third-order valence-corrected chi connectivity index (χ3v) is 3.17. The van der Waals surface area contributed by atoms with E-state index in [1.807, 2.05) is 0 Å². The van der Waals surface area contributed by atoms with Crippen molar-refractivity contribution in [1.29, 1.82) is 0 Å². The van der Waals surface area contributed by atoms with Gasteiger partial charge in [0.05, 0.1) is 10.2 Å². The molecule has 86 valence electrons. The third-order valence-electron chi connectivity index (χ3n) is 2.30. The van der Waals surface area contributed by atoms with Crippen LogP contribution in [-0.2, 0) is 0 Å². The van der Waals surface area contributed by atoms with Crippen LogP contribution < -0.4 is 5.73 Å². The molecule has 2 nitrogen and oxygen atoms in total. The van der Waals surface area contributed by atoms with Gasteiger partial charge in [-0.25, -0.2) is 18.2 Å². The van der Waals surface area contributed by atoms with E-state index in [0.717, 1.165) is 11.3 Å². The minimum absolute atomic E-state index is 0.0277. The number of nitrogens with zero attached hydrogens (tertiary/aromatic N) is 1. The average molecular weight is 246 g/mol. The summed E-state index contributed by atoms with van der Waals surface area (Å²) in [7, 11) is 0. The highest BCUT2D eigenvalue weighted by atomic mass is 32.1. The number of nitrogen functional groups attached to an aromatic ring is 1. The van der Waals surface area contributed by atoms with E-state index in [0.29, 0.717) is 0 Å². The summed E-state index contributed by atoms with van der Waals surface area (Å²) in [5.74, 6) is -4.14. The molecule has 0 aliphatic rings. The summed E-state index contributed by atoms with van der Waals surface area (Å²) in [5, 5.41) is 0.0980. The van der Waals surface area contributed by atoms with Crippen LogP contribution in [0.4, 0.5) is 18.3 Å². The zero-order valence-corrected chi connectivity index (χ0v) is 9.46. The van der Waals surface area contributed by atoms with Crippen LogP contribution in [0.5, 0.6) is 0 Å². The molecule has 0 saturated heterocycles. The van der Waals surface area contributed by atoms with Crippen LogP contribution in [0.15, 0.2) is 0 Å². The molecule has 2 N–H and O–H groups in total. The lowest BCUT2D eigenvalue weighted by Gasteiger charge is -2.09. The molecule has 0 saturated carbocycles. The first-order valence-electron chi connectivity index (χ1n) is 4.65. The number of thiazole rings is 1. The quantitative estimate of drug-likeness (QED) is 0.783. The molecule has 0 bridgehead atoms. The topological polar surface area (TPSA) is 38.9 Å². The molecule has 0 amide bonds. The number of benzene rings is 1. The van der Waals surface area contributed by atoms with Crippen molar-refractivity contribution in [3.05, 3.63) is 23.0 Å². The van der Waals surface area contributed by atoms with Gasteiger partial charge in [-0.2, -0.15) is 0 Å². The van der Waals surface area contributed by atoms with Crippen LogP contribution in [0.2, 0.25) is 0 Å². The largest absolute Gasteiger partial charge is 0.375 e. The molecule has 0 spiro atoms. The number of fused-ring (bicyclic) bond motifs is 1. The van der Waals surface area contributed by atoms with E-state index in [4.69, 9.17) is 5.73 Å². The smallest absolute Gasteiger partial charge is 0.196 e. The average Bonchev–Trinajstić information content (AvgIpc) is 2.56. The Morgan fingerprint density at radius 2 is 1.75 bits per heavy atom. The minimum Gasteiger partial charge on any atom is -0.375 e. The summed E-state index contributed by atoms with van der Waals surface area (Å²) in [5.41, 5.74) is 5.61. The number of hydrogen-bond acceptors (Lipinski definition) is 3. The number of anilines is 1. The van der Waals surface area contributed by atoms with Crippen molar-refractivity contribution in [1.82, 2.24) is 4.98 Å². The van der Waals surface area contributed by atoms with Gasteiger partial charge in [0.15, 0.2) is 22.6 Å². The predicted molar refractivity (Wildman–Crippen MR) is 58.0 cm³/mol. The van der Waals surface area contributed by atoms with Crippen molar-refractivity contribution < 1.29 is 13.2 Å². The Balaban J connectivity index is 2.97. The van der Waals surface area contributed by atoms with Gasteiger partial charge in [-0.15, -0.1) is 0 Å². The SMILES string of the molecule is CC(C)c1c(F)c(F)c(F)c2sc(N)nc12. The minimum atomic E-state index is -1.46. The molecule has 0 unspecified atom stereocenters. The molecule has 2 rings (SSSR count). The van der Waals surface area contributed by atoms with E-state index in [1.54, 1.807) is 13.8 Å². The second-order valence-electron chi connectivity index (χ2n) is 3.74. The summed E-state index contributed by atoms with van der Waals surface area (Å²) in [4.78, 5) is 3.85. The third kappa shape index (κ3) is 1.44. The fraction of sp³-hybridized carbons (Fsp3) is 0.300. The molecule has 1 heterocycles. The second-order valence-corrected chi connectivity index (χ2v) is 4.77. The lowest BCUT2D eigenvalue weighted by Crippen LogP contribution is -2.01. The van der Waals surface area contributed by atoms with Gasteiger partial charge >= 0.3 is 0 Å². The molecule has 2 aromatic rings. The van der Waals surface area contributed by atoms with E-state index in [9.17, 15) is 13.2 Å². The molecular formula is C10H9F3N2S. The number of aromatic nitrogens is 1. The first kappa shape index (κ1) is 11.2. The second kappa shape index (κ2) is 3.62. The highest BCUT2D eigenvalue weighted by Crippen LogP contribution is 2.36. The van der Waals surface area contributed by atoms with Gasteiger partial charge < -0.3 is 5.73 Å². The standard InChI is InChI=1S/C10H9F3N2S/c1-3(2)4-5(11)6(12)7(13)9-8(4)15-10(14)16-9/h3H,1-2H3,(H2,14,15). The van der Waals surface area contributed by atoms with Crippen LogP contribution in [0.1, 0.15) is 25.3 Å². The van der Waals surface area contributed by atoms with Crippen molar-refractivity contribution >= 4 is 26.7 Å². The molecule has 0 radical (unpaired) electrons. The Hall–Kier alpha value is -1.30. The van der Waals surface area contributed by atoms with Gasteiger partial charge in [0, 0.05) is 5.56 Å². The predicted octanol–water partition coefficient (Wildman–Crippen LogP) is 3.42. The molecule has 6 heteroatoms. The van der Waals surface area contributed by atoms with Crippen LogP contribution in [0, 0.1) is 17.5 Å². The molecule has 0 aliphatic carbocycles. The Kier molecular flexibility index (Phi) is 2.53. The Labute approximate surface area is 93.9 Å². The summed E-state index contributed by atoms with van der Waals surface area (Å²) in [6, 6.07) is 0. The molecule has 0 atom stereocenters. The maximum atomic E-state index is 13.6. The Morgan fingerprint density at radius 1 is 1.12 bits per heavy atom. The van der Waals surface area contributed by atoms with Gasteiger partial charge in [-0.05, 0) is 5.92 Å². The summed E-state index contributed by atoms with van der Waals surface area (Å²) >= 11 is 0.818.